The summed E-state index contributed by atoms with van der Waals surface area (Å²) in [7, 11) is 0. The number of nitrogen functional groups attached to an aromatic ring is 1. The number of halogens is 1. The van der Waals surface area contributed by atoms with Gasteiger partial charge in [-0.05, 0) is 31.5 Å². The number of amidine groups is 1. The summed E-state index contributed by atoms with van der Waals surface area (Å²) < 4.78 is 14.1. The van der Waals surface area contributed by atoms with E-state index in [4.69, 9.17) is 11.1 Å². The molecule has 4 nitrogen and oxygen atoms in total. The summed E-state index contributed by atoms with van der Waals surface area (Å²) in [4.78, 5) is 4.51. The molecule has 1 heterocycles. The Morgan fingerprint density at radius 3 is 2.50 bits per heavy atom. The molecule has 0 radical (unpaired) electrons. The Kier molecular flexibility index (Phi) is 4.60. The molecule has 3 N–H and O–H groups in total. The molecule has 0 bridgehead atoms. The molecule has 0 saturated carbocycles. The molecule has 110 valence electrons. The van der Waals surface area contributed by atoms with Crippen LogP contribution in [0.5, 0.6) is 0 Å². The van der Waals surface area contributed by atoms with Gasteiger partial charge in [0.2, 0.25) is 0 Å². The Hall–Kier alpha value is -1.62. The highest BCUT2D eigenvalue weighted by atomic mass is 19.1. The molecule has 5 heteroatoms. The van der Waals surface area contributed by atoms with E-state index in [0.29, 0.717) is 17.3 Å². The second kappa shape index (κ2) is 6.22. The molecular weight excluding hydrogens is 255 g/mol. The van der Waals surface area contributed by atoms with Crippen molar-refractivity contribution in [2.45, 2.75) is 26.3 Å². The number of nitrogens with zero attached hydrogens (tertiary/aromatic N) is 2. The van der Waals surface area contributed by atoms with E-state index in [2.05, 4.69) is 23.6 Å². The topological polar surface area (TPSA) is 56.4 Å². The summed E-state index contributed by atoms with van der Waals surface area (Å²) in [6.45, 7) is 8.02. The molecule has 2 rings (SSSR count). The van der Waals surface area contributed by atoms with Gasteiger partial charge in [-0.25, -0.2) is 4.39 Å². The largest absolute Gasteiger partial charge is 0.384 e. The predicted octanol–water partition coefficient (Wildman–Crippen LogP) is 2.03. The molecule has 0 aromatic heterocycles. The van der Waals surface area contributed by atoms with Crippen molar-refractivity contribution in [3.8, 4) is 0 Å². The van der Waals surface area contributed by atoms with Gasteiger partial charge in [-0.3, -0.25) is 10.3 Å². The van der Waals surface area contributed by atoms with Crippen LogP contribution in [0.2, 0.25) is 0 Å². The van der Waals surface area contributed by atoms with E-state index < -0.39 is 0 Å². The Labute approximate surface area is 119 Å². The maximum Gasteiger partial charge on any atom is 0.147 e. The number of benzene rings is 1. The average molecular weight is 278 g/mol. The van der Waals surface area contributed by atoms with Crippen molar-refractivity contribution in [1.29, 1.82) is 5.41 Å². The van der Waals surface area contributed by atoms with Crippen molar-refractivity contribution in [1.82, 2.24) is 4.90 Å². The quantitative estimate of drug-likeness (QED) is 0.654. The average Bonchev–Trinajstić information content (AvgIpc) is 2.46. The maximum atomic E-state index is 14.1. The molecule has 1 unspecified atom stereocenters. The van der Waals surface area contributed by atoms with Gasteiger partial charge in [0.1, 0.15) is 11.7 Å². The van der Waals surface area contributed by atoms with Crippen LogP contribution in [-0.2, 0) is 0 Å². The lowest BCUT2D eigenvalue weighted by Gasteiger charge is -2.39. The summed E-state index contributed by atoms with van der Waals surface area (Å²) in [5.41, 5.74) is 6.42. The third-order valence-corrected chi connectivity index (χ3v) is 4.13. The molecule has 0 spiro atoms. The van der Waals surface area contributed by atoms with Crippen LogP contribution in [0.15, 0.2) is 18.2 Å². The summed E-state index contributed by atoms with van der Waals surface area (Å²) in [6.07, 6.45) is 1.14. The standard InChI is InChI=1S/C15H23FN4/c1-3-11(2)19-6-8-20(9-7-19)14-5-4-12(15(17)18)10-13(14)16/h4-5,10-11H,3,6-9H2,1-2H3,(H3,17,18). The summed E-state index contributed by atoms with van der Waals surface area (Å²) in [5.74, 6) is -0.397. The first-order valence-corrected chi connectivity index (χ1v) is 7.16. The van der Waals surface area contributed by atoms with Gasteiger partial charge >= 0.3 is 0 Å². The zero-order valence-electron chi connectivity index (χ0n) is 12.2. The van der Waals surface area contributed by atoms with Gasteiger partial charge in [0.15, 0.2) is 0 Å². The van der Waals surface area contributed by atoms with Crippen LogP contribution < -0.4 is 10.6 Å². The van der Waals surface area contributed by atoms with Crippen molar-refractivity contribution in [2.24, 2.45) is 5.73 Å². The zero-order valence-corrected chi connectivity index (χ0v) is 12.2. The molecule has 1 saturated heterocycles. The highest BCUT2D eigenvalue weighted by Crippen LogP contribution is 2.22. The third kappa shape index (κ3) is 3.10. The lowest BCUT2D eigenvalue weighted by Crippen LogP contribution is -2.49. The first kappa shape index (κ1) is 14.8. The lowest BCUT2D eigenvalue weighted by atomic mass is 10.1. The maximum absolute atomic E-state index is 14.1. The SMILES string of the molecule is CCC(C)N1CCN(c2ccc(C(=N)N)cc2F)CC1. The number of hydrogen-bond donors (Lipinski definition) is 2. The Morgan fingerprint density at radius 2 is 2.00 bits per heavy atom. The Bertz CT molecular complexity index is 481. The summed E-state index contributed by atoms with van der Waals surface area (Å²) in [5, 5.41) is 7.33. The van der Waals surface area contributed by atoms with Crippen LogP contribution in [0.4, 0.5) is 10.1 Å². The lowest BCUT2D eigenvalue weighted by molar-refractivity contribution is 0.192. The molecule has 1 fully saturated rings. The minimum Gasteiger partial charge on any atom is -0.384 e. The summed E-state index contributed by atoms with van der Waals surface area (Å²) in [6, 6.07) is 5.37. The Balaban J connectivity index is 2.05. The van der Waals surface area contributed by atoms with Crippen molar-refractivity contribution < 1.29 is 4.39 Å². The van der Waals surface area contributed by atoms with Crippen LogP contribution in [-0.4, -0.2) is 43.0 Å². The fourth-order valence-electron chi connectivity index (χ4n) is 2.59. The number of nitrogens with one attached hydrogen (secondary N) is 1. The van der Waals surface area contributed by atoms with E-state index in [1.807, 2.05) is 0 Å². The van der Waals surface area contributed by atoms with Gasteiger partial charge in [-0.15, -0.1) is 0 Å². The molecule has 1 aromatic rings. The monoisotopic (exact) mass is 278 g/mol. The highest BCUT2D eigenvalue weighted by Gasteiger charge is 2.22. The van der Waals surface area contributed by atoms with E-state index >= 15 is 0 Å². The molecule has 1 aliphatic rings. The van der Waals surface area contributed by atoms with Gasteiger partial charge in [0, 0.05) is 37.8 Å². The molecule has 0 amide bonds. The van der Waals surface area contributed by atoms with Crippen molar-refractivity contribution in [2.75, 3.05) is 31.1 Å². The molecule has 20 heavy (non-hydrogen) atoms. The van der Waals surface area contributed by atoms with E-state index in [1.165, 1.54) is 6.07 Å². The number of rotatable bonds is 4. The Morgan fingerprint density at radius 1 is 1.35 bits per heavy atom. The van der Waals surface area contributed by atoms with E-state index in [1.54, 1.807) is 12.1 Å². The van der Waals surface area contributed by atoms with Gasteiger partial charge in [0.25, 0.3) is 0 Å². The minimum absolute atomic E-state index is 0.1000. The van der Waals surface area contributed by atoms with E-state index in [0.717, 1.165) is 32.6 Å². The van der Waals surface area contributed by atoms with Crippen molar-refractivity contribution in [3.63, 3.8) is 0 Å². The van der Waals surface area contributed by atoms with Gasteiger partial charge in [-0.2, -0.15) is 0 Å². The number of anilines is 1. The van der Waals surface area contributed by atoms with E-state index in [9.17, 15) is 4.39 Å². The van der Waals surface area contributed by atoms with Crippen LogP contribution in [0.1, 0.15) is 25.8 Å². The molecule has 1 aromatic carbocycles. The third-order valence-electron chi connectivity index (χ3n) is 4.13. The second-order valence-electron chi connectivity index (χ2n) is 5.36. The normalized spacial score (nSPS) is 18.1. The van der Waals surface area contributed by atoms with Gasteiger partial charge in [0.05, 0.1) is 5.69 Å². The van der Waals surface area contributed by atoms with E-state index in [-0.39, 0.29) is 11.7 Å². The fraction of sp³-hybridized carbons (Fsp3) is 0.533. The van der Waals surface area contributed by atoms with Crippen LogP contribution >= 0.6 is 0 Å². The number of piperazine rings is 1. The predicted molar refractivity (Wildman–Crippen MR) is 81.0 cm³/mol. The zero-order chi connectivity index (χ0) is 14.7. The fourth-order valence-corrected chi connectivity index (χ4v) is 2.59. The molecule has 1 atom stereocenters. The van der Waals surface area contributed by atoms with Crippen LogP contribution in [0.3, 0.4) is 0 Å². The van der Waals surface area contributed by atoms with Crippen molar-refractivity contribution >= 4 is 11.5 Å². The van der Waals surface area contributed by atoms with Crippen LogP contribution in [0, 0.1) is 11.2 Å². The smallest absolute Gasteiger partial charge is 0.147 e. The molecule has 1 aliphatic heterocycles. The highest BCUT2D eigenvalue weighted by molar-refractivity contribution is 5.95. The van der Waals surface area contributed by atoms with Crippen LogP contribution in [0.25, 0.3) is 0 Å². The second-order valence-corrected chi connectivity index (χ2v) is 5.36. The first-order valence-electron chi connectivity index (χ1n) is 7.16. The van der Waals surface area contributed by atoms with Gasteiger partial charge in [-0.1, -0.05) is 6.92 Å². The molecular formula is C15H23FN4. The summed E-state index contributed by atoms with van der Waals surface area (Å²) >= 11 is 0. The van der Waals surface area contributed by atoms with Gasteiger partial charge < -0.3 is 10.6 Å². The first-order chi connectivity index (χ1) is 9.52. The number of nitrogens with two attached hydrogens (primary N) is 1. The molecule has 0 aliphatic carbocycles. The minimum atomic E-state index is -0.297. The van der Waals surface area contributed by atoms with Crippen molar-refractivity contribution in [3.05, 3.63) is 29.6 Å². The number of hydrogen-bond acceptors (Lipinski definition) is 3.